The lowest BCUT2D eigenvalue weighted by Crippen LogP contribution is -2.62. The Hall–Kier alpha value is -5.53. The Morgan fingerprint density at radius 2 is 1.75 bits per heavy atom. The number of aromatic amines is 2. The number of aliphatic hydroxyl groups is 1. The zero-order valence-electron chi connectivity index (χ0n) is 32.3. The van der Waals surface area contributed by atoms with Crippen LogP contribution in [0.3, 0.4) is 0 Å². The van der Waals surface area contributed by atoms with Gasteiger partial charge < -0.3 is 51.5 Å². The number of fused-ring (bicyclic) bond motifs is 1. The molecule has 2 fully saturated rings. The number of urea groups is 1. The van der Waals surface area contributed by atoms with E-state index in [-0.39, 0.29) is 38.3 Å². The number of methoxy groups -OCH3 is 1. The van der Waals surface area contributed by atoms with Crippen LogP contribution in [0.5, 0.6) is 0 Å². The van der Waals surface area contributed by atoms with E-state index >= 15 is 0 Å². The highest BCUT2D eigenvalue weighted by Crippen LogP contribution is 2.29. The van der Waals surface area contributed by atoms with Gasteiger partial charge in [0.05, 0.1) is 25.8 Å². The summed E-state index contributed by atoms with van der Waals surface area (Å²) in [5, 5.41) is 22.4. The minimum Gasteiger partial charge on any atom is -0.467 e. The molecule has 7 atom stereocenters. The van der Waals surface area contributed by atoms with Crippen LogP contribution in [0.25, 0.3) is 10.9 Å². The lowest BCUT2D eigenvalue weighted by molar-refractivity contribution is -0.142. The molecule has 57 heavy (non-hydrogen) atoms. The third-order valence-electron chi connectivity index (χ3n) is 10.8. The number of benzene rings is 1. The van der Waals surface area contributed by atoms with Crippen LogP contribution in [-0.4, -0.2) is 118 Å². The maximum absolute atomic E-state index is 14.2. The van der Waals surface area contributed by atoms with Crippen LogP contribution in [0.4, 0.5) is 4.79 Å². The summed E-state index contributed by atoms with van der Waals surface area (Å²) in [4.78, 5) is 97.6. The van der Waals surface area contributed by atoms with Crippen molar-refractivity contribution in [3.63, 3.8) is 0 Å². The predicted molar refractivity (Wildman–Crippen MR) is 207 cm³/mol. The molecule has 1 saturated carbocycles. The second-order valence-electron chi connectivity index (χ2n) is 14.7. The Morgan fingerprint density at radius 3 is 2.46 bits per heavy atom. The fraction of sp³-hybridized carbons (Fsp3) is 0.553. The van der Waals surface area contributed by atoms with Gasteiger partial charge in [0.25, 0.3) is 5.56 Å². The van der Waals surface area contributed by atoms with Gasteiger partial charge in [-0.2, -0.15) is 0 Å². The highest BCUT2D eigenvalue weighted by Gasteiger charge is 2.38. The third kappa shape index (κ3) is 10.9. The summed E-state index contributed by atoms with van der Waals surface area (Å²) in [6, 6.07) is 3.35. The Kier molecular flexibility index (Phi) is 14.6. The highest BCUT2D eigenvalue weighted by molar-refractivity contribution is 5.93. The zero-order chi connectivity index (χ0) is 41.2. The molecule has 0 radical (unpaired) electrons. The number of hydrogen-bond donors (Lipinski definition) is 8. The van der Waals surface area contributed by atoms with E-state index in [0.717, 1.165) is 59.2 Å². The van der Waals surface area contributed by atoms with Crippen molar-refractivity contribution in [2.45, 2.75) is 101 Å². The summed E-state index contributed by atoms with van der Waals surface area (Å²) in [7, 11) is 2.66. The van der Waals surface area contributed by atoms with Crippen molar-refractivity contribution in [1.29, 1.82) is 0 Å². The van der Waals surface area contributed by atoms with Gasteiger partial charge in [-0.3, -0.25) is 28.7 Å². The molecule has 1 aromatic carbocycles. The van der Waals surface area contributed by atoms with E-state index < -0.39 is 83.6 Å². The van der Waals surface area contributed by atoms with E-state index in [0.29, 0.717) is 0 Å². The molecule has 3 heterocycles. The number of aliphatic hydroxyl groups excluding tert-OH is 1. The number of ether oxygens (including phenoxy) is 2. The van der Waals surface area contributed by atoms with E-state index in [9.17, 15) is 38.7 Å². The number of carbonyl (C=O) groups is 5. The van der Waals surface area contributed by atoms with Crippen LogP contribution in [0, 0.1) is 5.92 Å². The van der Waals surface area contributed by atoms with E-state index in [1.165, 1.54) is 25.3 Å². The predicted octanol–water partition coefficient (Wildman–Crippen LogP) is -0.505. The number of para-hydroxylation sites is 1. The fourth-order valence-corrected chi connectivity index (χ4v) is 7.52. The second kappa shape index (κ2) is 19.6. The topological polar surface area (TPSA) is 272 Å². The molecular weight excluding hydrogens is 742 g/mol. The van der Waals surface area contributed by atoms with Crippen molar-refractivity contribution in [3.05, 3.63) is 69.1 Å². The van der Waals surface area contributed by atoms with Gasteiger partial charge in [0.1, 0.15) is 24.2 Å². The fourth-order valence-electron chi connectivity index (χ4n) is 7.52. The number of likely N-dealkylation sites (N-methyl/N-ethyl adjacent to an activating group) is 1. The summed E-state index contributed by atoms with van der Waals surface area (Å²) in [5.74, 6) is -2.46. The Balaban J connectivity index is 1.31. The number of aromatic nitrogens is 3. The average Bonchev–Trinajstić information content (AvgIpc) is 3.79. The standard InChI is InChI=1S/C38H53N9O10/c1-21(46(2)31(50)18-39)32(34(52)41-20-24-17-29(48)35(57-24)47-14-13-30(49)44-38(47)55)45-33(51)27(15-22-9-5-4-6-10-22)42-37(54)43-28(36(53)56-3)16-23-19-40-26-12-8-7-11-25(23)26/h7-8,11-14,19,21-22,24,27-29,32,35,40,48H,4-6,9-10,15-18,20,39H2,1-3H3,(H,41,52)(H,45,51)(H2,42,43,54)(H,44,49,55)/t21-,24+,27-,28-,29+,32-,35+/m0/s1. The van der Waals surface area contributed by atoms with Gasteiger partial charge in [0, 0.05) is 55.8 Å². The lowest BCUT2D eigenvalue weighted by atomic mass is 9.84. The molecule has 3 aromatic rings. The molecule has 0 bridgehead atoms. The van der Waals surface area contributed by atoms with Gasteiger partial charge in [-0.05, 0) is 30.9 Å². The van der Waals surface area contributed by atoms with Crippen molar-refractivity contribution >= 4 is 40.6 Å². The van der Waals surface area contributed by atoms with Crippen molar-refractivity contribution in [3.8, 4) is 0 Å². The molecule has 0 unspecified atom stereocenters. The summed E-state index contributed by atoms with van der Waals surface area (Å²) >= 11 is 0. The Labute approximate surface area is 328 Å². The normalized spacial score (nSPS) is 20.5. The number of amides is 5. The summed E-state index contributed by atoms with van der Waals surface area (Å²) in [6.07, 6.45) is 4.97. The first-order valence-corrected chi connectivity index (χ1v) is 19.2. The summed E-state index contributed by atoms with van der Waals surface area (Å²) in [5.41, 5.74) is 5.86. The molecule has 1 aliphatic heterocycles. The van der Waals surface area contributed by atoms with E-state index in [4.69, 9.17) is 15.2 Å². The summed E-state index contributed by atoms with van der Waals surface area (Å²) < 4.78 is 11.9. The van der Waals surface area contributed by atoms with Crippen molar-refractivity contribution in [2.24, 2.45) is 11.7 Å². The van der Waals surface area contributed by atoms with Gasteiger partial charge >= 0.3 is 17.7 Å². The molecule has 0 spiro atoms. The number of hydrogen-bond acceptors (Lipinski definition) is 11. The minimum atomic E-state index is -1.34. The molecule has 2 aliphatic rings. The minimum absolute atomic E-state index is 0.0318. The molecule has 5 amide bonds. The maximum atomic E-state index is 14.2. The SMILES string of the molecule is COC(=O)[C@H](Cc1c[nH]c2ccccc12)NC(=O)N[C@@H](CC1CCCCC1)C(=O)N[C@H](C(=O)NC[C@H]1C[C@@H](O)[C@H](n2ccc(=O)[nH]c2=O)O1)[C@H](C)N(C)C(=O)CN. The van der Waals surface area contributed by atoms with Crippen LogP contribution in [0.15, 0.2) is 52.3 Å². The highest BCUT2D eigenvalue weighted by atomic mass is 16.5. The second-order valence-corrected chi connectivity index (χ2v) is 14.7. The van der Waals surface area contributed by atoms with E-state index in [1.54, 1.807) is 13.1 Å². The van der Waals surface area contributed by atoms with Gasteiger partial charge in [-0.1, -0.05) is 50.3 Å². The number of H-pyrrole nitrogens is 2. The quantitative estimate of drug-likeness (QED) is 0.0856. The molecule has 19 nitrogen and oxygen atoms in total. The van der Waals surface area contributed by atoms with Crippen LogP contribution < -0.4 is 38.2 Å². The lowest BCUT2D eigenvalue weighted by Gasteiger charge is -2.33. The molecule has 19 heteroatoms. The molecule has 310 valence electrons. The third-order valence-corrected chi connectivity index (χ3v) is 10.8. The molecule has 1 aliphatic carbocycles. The molecule has 2 aromatic heterocycles. The summed E-state index contributed by atoms with van der Waals surface area (Å²) in [6.45, 7) is 1.07. The first kappa shape index (κ1) is 42.6. The van der Waals surface area contributed by atoms with Crippen molar-refractivity contribution in [1.82, 2.24) is 40.7 Å². The number of carbonyl (C=O) groups excluding carboxylic acids is 5. The smallest absolute Gasteiger partial charge is 0.330 e. The van der Waals surface area contributed by atoms with Gasteiger partial charge in [-0.15, -0.1) is 0 Å². The Bertz CT molecular complexity index is 2010. The van der Waals surface area contributed by atoms with Crippen LogP contribution >= 0.6 is 0 Å². The number of esters is 1. The molecule has 5 rings (SSSR count). The monoisotopic (exact) mass is 795 g/mol. The van der Waals surface area contributed by atoms with Crippen molar-refractivity contribution < 1.29 is 38.6 Å². The Morgan fingerprint density at radius 1 is 1.04 bits per heavy atom. The van der Waals surface area contributed by atoms with E-state index in [1.807, 2.05) is 24.3 Å². The number of nitrogens with two attached hydrogens (primary N) is 1. The van der Waals surface area contributed by atoms with Crippen molar-refractivity contribution in [2.75, 3.05) is 27.2 Å². The largest absolute Gasteiger partial charge is 0.467 e. The van der Waals surface area contributed by atoms with Gasteiger partial charge in [0.15, 0.2) is 6.23 Å². The first-order chi connectivity index (χ1) is 27.3. The van der Waals surface area contributed by atoms with Crippen LogP contribution in [0.1, 0.15) is 63.7 Å². The van der Waals surface area contributed by atoms with Gasteiger partial charge in [0.2, 0.25) is 17.7 Å². The number of nitrogens with one attached hydrogen (secondary N) is 6. The van der Waals surface area contributed by atoms with Gasteiger partial charge in [-0.25, -0.2) is 14.4 Å². The number of nitrogens with zero attached hydrogens (tertiary/aromatic N) is 2. The molecule has 1 saturated heterocycles. The van der Waals surface area contributed by atoms with Crippen LogP contribution in [-0.2, 0) is 35.1 Å². The molecular formula is C38H53N9O10. The average molecular weight is 796 g/mol. The van der Waals surface area contributed by atoms with Crippen LogP contribution in [0.2, 0.25) is 0 Å². The molecule has 9 N–H and O–H groups in total. The first-order valence-electron chi connectivity index (χ1n) is 19.2. The number of rotatable bonds is 16. The maximum Gasteiger partial charge on any atom is 0.330 e. The van der Waals surface area contributed by atoms with E-state index in [2.05, 4.69) is 31.2 Å². The zero-order valence-corrected chi connectivity index (χ0v) is 32.3.